The van der Waals surface area contributed by atoms with Crippen LogP contribution in [0.5, 0.6) is 0 Å². The van der Waals surface area contributed by atoms with Gasteiger partial charge in [0.1, 0.15) is 0 Å². The van der Waals surface area contributed by atoms with Gasteiger partial charge in [0.15, 0.2) is 6.29 Å². The third-order valence-corrected chi connectivity index (χ3v) is 3.43. The molecule has 1 aliphatic carbocycles. The van der Waals surface area contributed by atoms with E-state index in [1.807, 2.05) is 6.92 Å². The lowest BCUT2D eigenvalue weighted by Crippen LogP contribution is -2.37. The standard InChI is InChI=1S/C13H24O3/c1-9(2)10-5-6-13(3,4)7-11(10)16-8-12(14)15/h10-12,14-15H,1,5-8H2,2-4H3. The molecule has 1 saturated carbocycles. The van der Waals surface area contributed by atoms with Gasteiger partial charge in [0.2, 0.25) is 0 Å². The summed E-state index contributed by atoms with van der Waals surface area (Å²) in [6.45, 7) is 10.5. The maximum atomic E-state index is 8.85. The Hall–Kier alpha value is -0.380. The van der Waals surface area contributed by atoms with Gasteiger partial charge < -0.3 is 14.9 Å². The van der Waals surface area contributed by atoms with Crippen molar-refractivity contribution < 1.29 is 14.9 Å². The van der Waals surface area contributed by atoms with Crippen LogP contribution in [-0.2, 0) is 4.74 Å². The van der Waals surface area contributed by atoms with E-state index >= 15 is 0 Å². The zero-order valence-corrected chi connectivity index (χ0v) is 10.6. The minimum absolute atomic E-state index is 0.00940. The first-order valence-corrected chi connectivity index (χ1v) is 5.95. The van der Waals surface area contributed by atoms with Gasteiger partial charge in [0.05, 0.1) is 12.7 Å². The lowest BCUT2D eigenvalue weighted by molar-refractivity contribution is -0.132. The van der Waals surface area contributed by atoms with Crippen LogP contribution < -0.4 is 0 Å². The molecule has 0 amide bonds. The summed E-state index contributed by atoms with van der Waals surface area (Å²) in [5.74, 6) is 0.353. The van der Waals surface area contributed by atoms with Crippen molar-refractivity contribution in [2.45, 2.75) is 52.4 Å². The molecule has 0 aromatic carbocycles. The molecule has 1 rings (SSSR count). The number of hydrogen-bond donors (Lipinski definition) is 2. The van der Waals surface area contributed by atoms with Crippen molar-refractivity contribution in [3.05, 3.63) is 12.2 Å². The Morgan fingerprint density at radius 1 is 1.50 bits per heavy atom. The van der Waals surface area contributed by atoms with Crippen molar-refractivity contribution in [2.75, 3.05) is 6.61 Å². The van der Waals surface area contributed by atoms with Crippen molar-refractivity contribution in [2.24, 2.45) is 11.3 Å². The molecule has 94 valence electrons. The summed E-state index contributed by atoms with van der Waals surface area (Å²) < 4.78 is 5.59. The fourth-order valence-electron chi connectivity index (χ4n) is 2.47. The molecule has 0 bridgehead atoms. The molecular formula is C13H24O3. The molecule has 3 heteroatoms. The quantitative estimate of drug-likeness (QED) is 0.572. The Labute approximate surface area is 98.1 Å². The maximum absolute atomic E-state index is 8.85. The van der Waals surface area contributed by atoms with E-state index < -0.39 is 6.29 Å². The van der Waals surface area contributed by atoms with Gasteiger partial charge in [0.25, 0.3) is 0 Å². The van der Waals surface area contributed by atoms with Crippen LogP contribution in [0.25, 0.3) is 0 Å². The maximum Gasteiger partial charge on any atom is 0.175 e. The van der Waals surface area contributed by atoms with Crippen LogP contribution in [0, 0.1) is 11.3 Å². The molecule has 1 aliphatic rings. The van der Waals surface area contributed by atoms with E-state index in [9.17, 15) is 0 Å². The Bertz CT molecular complexity index is 246. The Kier molecular flexibility index (Phi) is 4.53. The highest BCUT2D eigenvalue weighted by Gasteiger charge is 2.35. The first kappa shape index (κ1) is 13.7. The molecule has 0 spiro atoms. The van der Waals surface area contributed by atoms with Crippen LogP contribution in [0.4, 0.5) is 0 Å². The van der Waals surface area contributed by atoms with Crippen LogP contribution >= 0.6 is 0 Å². The second-order valence-electron chi connectivity index (χ2n) is 5.71. The molecule has 0 saturated heterocycles. The number of ether oxygens (including phenoxy) is 1. The lowest BCUT2D eigenvalue weighted by atomic mass is 9.70. The molecule has 16 heavy (non-hydrogen) atoms. The van der Waals surface area contributed by atoms with Crippen molar-refractivity contribution in [3.8, 4) is 0 Å². The number of aliphatic hydroxyl groups excluding tert-OH is 1. The van der Waals surface area contributed by atoms with E-state index in [1.54, 1.807) is 0 Å². The Morgan fingerprint density at radius 3 is 2.62 bits per heavy atom. The third-order valence-electron chi connectivity index (χ3n) is 3.43. The van der Waals surface area contributed by atoms with Crippen molar-refractivity contribution in [3.63, 3.8) is 0 Å². The Morgan fingerprint density at radius 2 is 2.12 bits per heavy atom. The second kappa shape index (κ2) is 5.30. The van der Waals surface area contributed by atoms with Gasteiger partial charge >= 0.3 is 0 Å². The minimum atomic E-state index is -1.38. The van der Waals surface area contributed by atoms with E-state index in [0.717, 1.165) is 18.4 Å². The lowest BCUT2D eigenvalue weighted by Gasteiger charge is -2.41. The van der Waals surface area contributed by atoms with E-state index in [1.165, 1.54) is 6.42 Å². The van der Waals surface area contributed by atoms with Gasteiger partial charge in [-0.15, -0.1) is 0 Å². The molecular weight excluding hydrogens is 204 g/mol. The minimum Gasteiger partial charge on any atom is -0.372 e. The van der Waals surface area contributed by atoms with Crippen molar-refractivity contribution >= 4 is 0 Å². The van der Waals surface area contributed by atoms with Gasteiger partial charge in [-0.3, -0.25) is 0 Å². The summed E-state index contributed by atoms with van der Waals surface area (Å²) >= 11 is 0. The SMILES string of the molecule is C=C(C)C1CCC(C)(C)CC1OCC(O)O. The summed E-state index contributed by atoms with van der Waals surface area (Å²) in [5, 5.41) is 17.7. The zero-order valence-electron chi connectivity index (χ0n) is 10.6. The molecule has 0 radical (unpaired) electrons. The average Bonchev–Trinajstić information content (AvgIpc) is 2.12. The molecule has 2 unspecified atom stereocenters. The highest BCUT2D eigenvalue weighted by atomic mass is 16.5. The van der Waals surface area contributed by atoms with Crippen LogP contribution in [0.15, 0.2) is 12.2 Å². The summed E-state index contributed by atoms with van der Waals surface area (Å²) in [6.07, 6.45) is 1.90. The highest BCUT2D eigenvalue weighted by Crippen LogP contribution is 2.41. The van der Waals surface area contributed by atoms with Gasteiger partial charge in [-0.05, 0) is 31.6 Å². The van der Waals surface area contributed by atoms with Crippen molar-refractivity contribution in [1.29, 1.82) is 0 Å². The predicted molar refractivity (Wildman–Crippen MR) is 63.9 cm³/mol. The smallest absolute Gasteiger partial charge is 0.175 e. The molecule has 0 aromatic heterocycles. The first-order chi connectivity index (χ1) is 7.32. The monoisotopic (exact) mass is 228 g/mol. The van der Waals surface area contributed by atoms with Crippen LogP contribution in [0.2, 0.25) is 0 Å². The summed E-state index contributed by atoms with van der Waals surface area (Å²) in [4.78, 5) is 0. The zero-order chi connectivity index (χ0) is 12.3. The largest absolute Gasteiger partial charge is 0.372 e. The normalized spacial score (nSPS) is 29.4. The first-order valence-electron chi connectivity index (χ1n) is 5.95. The van der Waals surface area contributed by atoms with E-state index in [0.29, 0.717) is 5.92 Å². The van der Waals surface area contributed by atoms with Gasteiger partial charge in [-0.1, -0.05) is 26.0 Å². The molecule has 0 aromatic rings. The Balaban J connectivity index is 2.61. The molecule has 1 fully saturated rings. The molecule has 3 nitrogen and oxygen atoms in total. The highest BCUT2D eigenvalue weighted by molar-refractivity contribution is 5.03. The second-order valence-corrected chi connectivity index (χ2v) is 5.71. The van der Waals surface area contributed by atoms with Crippen LogP contribution in [-0.4, -0.2) is 29.2 Å². The third kappa shape index (κ3) is 3.89. The summed E-state index contributed by atoms with van der Waals surface area (Å²) in [7, 11) is 0. The fourth-order valence-corrected chi connectivity index (χ4v) is 2.47. The van der Waals surface area contributed by atoms with Gasteiger partial charge in [-0.25, -0.2) is 0 Å². The van der Waals surface area contributed by atoms with E-state index in [4.69, 9.17) is 14.9 Å². The molecule has 0 aliphatic heterocycles. The van der Waals surface area contributed by atoms with Crippen LogP contribution in [0.1, 0.15) is 40.0 Å². The van der Waals surface area contributed by atoms with Crippen molar-refractivity contribution in [1.82, 2.24) is 0 Å². The van der Waals surface area contributed by atoms with Gasteiger partial charge in [0, 0.05) is 5.92 Å². The molecule has 0 heterocycles. The average molecular weight is 228 g/mol. The number of hydrogen-bond acceptors (Lipinski definition) is 3. The topological polar surface area (TPSA) is 49.7 Å². The summed E-state index contributed by atoms with van der Waals surface area (Å²) in [6, 6.07) is 0. The van der Waals surface area contributed by atoms with E-state index in [-0.39, 0.29) is 18.1 Å². The molecule has 2 N–H and O–H groups in total. The van der Waals surface area contributed by atoms with Gasteiger partial charge in [-0.2, -0.15) is 0 Å². The van der Waals surface area contributed by atoms with Crippen LogP contribution in [0.3, 0.4) is 0 Å². The number of aliphatic hydroxyl groups is 2. The predicted octanol–water partition coefficient (Wildman–Crippen LogP) is 2.08. The summed E-state index contributed by atoms with van der Waals surface area (Å²) in [5.41, 5.74) is 1.41. The van der Waals surface area contributed by atoms with E-state index in [2.05, 4.69) is 20.4 Å². The fraction of sp³-hybridized carbons (Fsp3) is 0.846. The number of rotatable bonds is 4. The molecule has 2 atom stereocenters.